The topological polar surface area (TPSA) is 78.9 Å². The van der Waals surface area contributed by atoms with Gasteiger partial charge in [-0.3, -0.25) is 0 Å². The number of tetrazole rings is 1. The summed E-state index contributed by atoms with van der Waals surface area (Å²) in [4.78, 5) is 0. The molecule has 1 saturated heterocycles. The minimum absolute atomic E-state index is 0.124. The molecular formula is C13H16BrN5O. The number of aromatic nitrogens is 4. The highest BCUT2D eigenvalue weighted by molar-refractivity contribution is 9.10. The van der Waals surface area contributed by atoms with Gasteiger partial charge in [-0.25, -0.2) is 4.68 Å². The van der Waals surface area contributed by atoms with Gasteiger partial charge in [0.1, 0.15) is 0 Å². The number of benzene rings is 1. The molecule has 0 saturated carbocycles. The van der Waals surface area contributed by atoms with E-state index in [-0.39, 0.29) is 5.54 Å². The van der Waals surface area contributed by atoms with Crippen molar-refractivity contribution in [3.8, 4) is 11.4 Å². The lowest BCUT2D eigenvalue weighted by atomic mass is 9.92. The fourth-order valence-corrected chi connectivity index (χ4v) is 2.91. The number of nitrogens with two attached hydrogens (primary N) is 1. The Labute approximate surface area is 125 Å². The van der Waals surface area contributed by atoms with E-state index in [1.807, 2.05) is 22.9 Å². The van der Waals surface area contributed by atoms with E-state index in [1.165, 1.54) is 0 Å². The smallest absolute Gasteiger partial charge is 0.183 e. The normalized spacial score (nSPS) is 18.1. The van der Waals surface area contributed by atoms with Gasteiger partial charge in [0, 0.05) is 24.5 Å². The highest BCUT2D eigenvalue weighted by Gasteiger charge is 2.33. The Morgan fingerprint density at radius 3 is 2.85 bits per heavy atom. The van der Waals surface area contributed by atoms with Gasteiger partial charge in [0.05, 0.1) is 10.0 Å². The molecule has 0 unspecified atom stereocenters. The van der Waals surface area contributed by atoms with Gasteiger partial charge in [0.25, 0.3) is 0 Å². The summed E-state index contributed by atoms with van der Waals surface area (Å²) in [6, 6.07) is 5.71. The first kappa shape index (κ1) is 13.5. The first-order valence-corrected chi connectivity index (χ1v) is 7.32. The number of nitrogens with zero attached hydrogens (tertiary/aromatic N) is 4. The molecule has 106 valence electrons. The Kier molecular flexibility index (Phi) is 3.47. The summed E-state index contributed by atoms with van der Waals surface area (Å²) in [6.07, 6.45) is 1.79. The number of anilines is 1. The van der Waals surface area contributed by atoms with Crippen LogP contribution < -0.4 is 5.73 Å². The molecule has 0 bridgehead atoms. The van der Waals surface area contributed by atoms with Gasteiger partial charge in [-0.15, -0.1) is 5.10 Å². The van der Waals surface area contributed by atoms with Crippen LogP contribution in [0.25, 0.3) is 11.4 Å². The third kappa shape index (κ3) is 2.20. The van der Waals surface area contributed by atoms with Crippen LogP contribution in [0.2, 0.25) is 0 Å². The van der Waals surface area contributed by atoms with Crippen molar-refractivity contribution in [3.63, 3.8) is 0 Å². The molecule has 2 N–H and O–H groups in total. The predicted octanol–water partition coefficient (Wildman–Crippen LogP) is 2.21. The first-order chi connectivity index (χ1) is 9.62. The second-order valence-corrected chi connectivity index (χ2v) is 6.03. The third-order valence-electron chi connectivity index (χ3n) is 3.82. The molecule has 1 aromatic heterocycles. The van der Waals surface area contributed by atoms with Crippen LogP contribution in [0.3, 0.4) is 0 Å². The van der Waals surface area contributed by atoms with Crippen molar-refractivity contribution in [1.29, 1.82) is 0 Å². The summed E-state index contributed by atoms with van der Waals surface area (Å²) in [7, 11) is 0. The van der Waals surface area contributed by atoms with Gasteiger partial charge >= 0.3 is 0 Å². The maximum Gasteiger partial charge on any atom is 0.183 e. The van der Waals surface area contributed by atoms with Crippen molar-refractivity contribution in [2.24, 2.45) is 0 Å². The van der Waals surface area contributed by atoms with Crippen LogP contribution in [0.5, 0.6) is 0 Å². The van der Waals surface area contributed by atoms with Gasteiger partial charge in [0.15, 0.2) is 5.82 Å². The van der Waals surface area contributed by atoms with Crippen LogP contribution in [-0.4, -0.2) is 33.4 Å². The zero-order valence-corrected chi connectivity index (χ0v) is 12.8. The van der Waals surface area contributed by atoms with Crippen molar-refractivity contribution in [2.75, 3.05) is 18.9 Å². The summed E-state index contributed by atoms with van der Waals surface area (Å²) in [6.45, 7) is 3.62. The van der Waals surface area contributed by atoms with Crippen molar-refractivity contribution in [3.05, 3.63) is 22.7 Å². The molecule has 0 radical (unpaired) electrons. The molecule has 0 spiro atoms. The molecule has 1 aromatic carbocycles. The summed E-state index contributed by atoms with van der Waals surface area (Å²) in [5.74, 6) is 0.730. The van der Waals surface area contributed by atoms with Crippen molar-refractivity contribution >= 4 is 21.6 Å². The van der Waals surface area contributed by atoms with E-state index in [1.54, 1.807) is 0 Å². The molecular weight excluding hydrogens is 322 g/mol. The minimum atomic E-state index is -0.124. The Morgan fingerprint density at radius 2 is 2.10 bits per heavy atom. The molecule has 0 amide bonds. The number of rotatable bonds is 2. The molecule has 20 heavy (non-hydrogen) atoms. The quantitative estimate of drug-likeness (QED) is 0.850. The maximum absolute atomic E-state index is 5.94. The summed E-state index contributed by atoms with van der Waals surface area (Å²) in [5, 5.41) is 12.2. The van der Waals surface area contributed by atoms with E-state index in [0.29, 0.717) is 5.69 Å². The van der Waals surface area contributed by atoms with E-state index < -0.39 is 0 Å². The number of ether oxygens (including phenoxy) is 1. The monoisotopic (exact) mass is 337 g/mol. The van der Waals surface area contributed by atoms with Gasteiger partial charge < -0.3 is 10.5 Å². The second kappa shape index (κ2) is 5.14. The van der Waals surface area contributed by atoms with Crippen LogP contribution in [-0.2, 0) is 10.3 Å². The van der Waals surface area contributed by atoms with Crippen molar-refractivity contribution in [2.45, 2.75) is 25.3 Å². The minimum Gasteiger partial charge on any atom is -0.398 e. The molecule has 1 aliphatic heterocycles. The Hall–Kier alpha value is -1.47. The summed E-state index contributed by atoms with van der Waals surface area (Å²) < 4.78 is 8.16. The lowest BCUT2D eigenvalue weighted by Gasteiger charge is -2.33. The van der Waals surface area contributed by atoms with Crippen LogP contribution in [0, 0.1) is 0 Å². The molecule has 2 heterocycles. The SMILES string of the molecule is CC1(n2nnnc2-c2cccc(N)c2Br)CCOCC1. The molecule has 1 fully saturated rings. The number of hydrogen-bond donors (Lipinski definition) is 1. The zero-order valence-electron chi connectivity index (χ0n) is 11.2. The average Bonchev–Trinajstić information content (AvgIpc) is 2.93. The van der Waals surface area contributed by atoms with Crippen LogP contribution in [0.4, 0.5) is 5.69 Å². The second-order valence-electron chi connectivity index (χ2n) is 5.23. The van der Waals surface area contributed by atoms with E-state index in [4.69, 9.17) is 10.5 Å². The predicted molar refractivity (Wildman–Crippen MR) is 79.1 cm³/mol. The zero-order chi connectivity index (χ0) is 14.2. The highest BCUT2D eigenvalue weighted by Crippen LogP contribution is 2.35. The van der Waals surface area contributed by atoms with Crippen molar-refractivity contribution in [1.82, 2.24) is 20.2 Å². The van der Waals surface area contributed by atoms with Gasteiger partial charge in [-0.1, -0.05) is 6.07 Å². The third-order valence-corrected chi connectivity index (χ3v) is 4.71. The number of hydrogen-bond acceptors (Lipinski definition) is 5. The molecule has 1 aliphatic rings. The van der Waals surface area contributed by atoms with E-state index in [9.17, 15) is 0 Å². The Balaban J connectivity index is 2.08. The van der Waals surface area contributed by atoms with E-state index in [0.717, 1.165) is 41.9 Å². The Morgan fingerprint density at radius 1 is 1.35 bits per heavy atom. The van der Waals surface area contributed by atoms with Crippen LogP contribution in [0.15, 0.2) is 22.7 Å². The maximum atomic E-state index is 5.94. The van der Waals surface area contributed by atoms with E-state index >= 15 is 0 Å². The fraction of sp³-hybridized carbons (Fsp3) is 0.462. The molecule has 3 rings (SSSR count). The number of nitrogen functional groups attached to an aromatic ring is 1. The standard InChI is InChI=1S/C13H16BrN5O/c1-13(5-7-20-8-6-13)19-12(16-17-18-19)9-3-2-4-10(15)11(9)14/h2-4H,5-8,15H2,1H3. The molecule has 6 nitrogen and oxygen atoms in total. The lowest BCUT2D eigenvalue weighted by molar-refractivity contribution is 0.0240. The average molecular weight is 338 g/mol. The lowest BCUT2D eigenvalue weighted by Crippen LogP contribution is -2.38. The fourth-order valence-electron chi connectivity index (χ4n) is 2.46. The van der Waals surface area contributed by atoms with Gasteiger partial charge in [-0.2, -0.15) is 0 Å². The van der Waals surface area contributed by atoms with Crippen LogP contribution in [0.1, 0.15) is 19.8 Å². The Bertz CT molecular complexity index is 621. The summed E-state index contributed by atoms with van der Waals surface area (Å²) in [5.41, 5.74) is 7.40. The van der Waals surface area contributed by atoms with Gasteiger partial charge in [-0.05, 0) is 58.3 Å². The molecule has 0 atom stereocenters. The van der Waals surface area contributed by atoms with Gasteiger partial charge in [0.2, 0.25) is 0 Å². The highest BCUT2D eigenvalue weighted by atomic mass is 79.9. The van der Waals surface area contributed by atoms with Crippen LogP contribution >= 0.6 is 15.9 Å². The van der Waals surface area contributed by atoms with Crippen molar-refractivity contribution < 1.29 is 4.74 Å². The largest absolute Gasteiger partial charge is 0.398 e. The molecule has 0 aliphatic carbocycles. The summed E-state index contributed by atoms with van der Waals surface area (Å²) >= 11 is 3.52. The first-order valence-electron chi connectivity index (χ1n) is 6.53. The molecule has 7 heteroatoms. The number of halogens is 1. The molecule has 2 aromatic rings. The van der Waals surface area contributed by atoms with E-state index in [2.05, 4.69) is 38.4 Å².